The second-order valence-electron chi connectivity index (χ2n) is 6.39. The topological polar surface area (TPSA) is 63.7 Å². The molecule has 1 aromatic rings. The fourth-order valence-electron chi connectivity index (χ4n) is 3.80. The Morgan fingerprint density at radius 2 is 1.92 bits per heavy atom. The number of likely N-dealkylation sites (N-methyl/N-ethyl adjacent to an activating group) is 1. The van der Waals surface area contributed by atoms with Gasteiger partial charge in [-0.15, -0.1) is 0 Å². The predicted molar refractivity (Wildman–Crippen MR) is 90.1 cm³/mol. The highest BCUT2D eigenvalue weighted by molar-refractivity contribution is 6.16. The van der Waals surface area contributed by atoms with Crippen LogP contribution in [0, 0.1) is 5.92 Å². The molecule has 1 unspecified atom stereocenters. The SMILES string of the molecule is CCOC(=O)C1C(=O)N(CC)c2ccc(C(=O)C3CCCC3)cc21. The van der Waals surface area contributed by atoms with Gasteiger partial charge in [0.1, 0.15) is 0 Å². The van der Waals surface area contributed by atoms with Crippen molar-refractivity contribution in [1.82, 2.24) is 0 Å². The van der Waals surface area contributed by atoms with Gasteiger partial charge in [0, 0.05) is 29.3 Å². The zero-order chi connectivity index (χ0) is 17.3. The van der Waals surface area contributed by atoms with Gasteiger partial charge in [0.2, 0.25) is 5.91 Å². The second kappa shape index (κ2) is 6.75. The summed E-state index contributed by atoms with van der Waals surface area (Å²) in [6, 6.07) is 5.30. The first-order valence-corrected chi connectivity index (χ1v) is 8.74. The van der Waals surface area contributed by atoms with Crippen molar-refractivity contribution in [2.45, 2.75) is 45.4 Å². The lowest BCUT2D eigenvalue weighted by atomic mass is 9.92. The van der Waals surface area contributed by atoms with E-state index < -0.39 is 11.9 Å². The number of carbonyl (C=O) groups excluding carboxylic acids is 3. The Morgan fingerprint density at radius 3 is 2.54 bits per heavy atom. The van der Waals surface area contributed by atoms with E-state index in [0.29, 0.717) is 23.4 Å². The van der Waals surface area contributed by atoms with Gasteiger partial charge in [-0.1, -0.05) is 12.8 Å². The maximum absolute atomic E-state index is 12.7. The van der Waals surface area contributed by atoms with Crippen LogP contribution in [0.2, 0.25) is 0 Å². The number of hydrogen-bond donors (Lipinski definition) is 0. The number of nitrogens with zero attached hydrogens (tertiary/aromatic N) is 1. The molecule has 1 heterocycles. The molecule has 5 heteroatoms. The molecule has 0 aromatic heterocycles. The Kier molecular flexibility index (Phi) is 4.69. The quantitative estimate of drug-likeness (QED) is 0.473. The van der Waals surface area contributed by atoms with Gasteiger partial charge in [-0.2, -0.15) is 0 Å². The third-order valence-corrected chi connectivity index (χ3v) is 4.99. The van der Waals surface area contributed by atoms with Crippen LogP contribution in [0.1, 0.15) is 61.4 Å². The number of Topliss-reactive ketones (excluding diaryl/α,β-unsaturated/α-hetero) is 1. The third kappa shape index (κ3) is 2.72. The summed E-state index contributed by atoms with van der Waals surface area (Å²) < 4.78 is 5.07. The zero-order valence-electron chi connectivity index (χ0n) is 14.2. The van der Waals surface area contributed by atoms with Gasteiger partial charge in [0.05, 0.1) is 6.61 Å². The van der Waals surface area contributed by atoms with Crippen molar-refractivity contribution in [3.05, 3.63) is 29.3 Å². The number of carbonyl (C=O) groups is 3. The van der Waals surface area contributed by atoms with Gasteiger partial charge in [-0.3, -0.25) is 14.4 Å². The molecule has 1 atom stereocenters. The number of fused-ring (bicyclic) bond motifs is 1. The maximum Gasteiger partial charge on any atom is 0.323 e. The standard InChI is InChI=1S/C19H23NO4/c1-3-20-15-10-9-13(17(21)12-7-5-6-8-12)11-14(15)16(18(20)22)19(23)24-4-2/h9-12,16H,3-8H2,1-2H3. The molecule has 3 rings (SSSR count). The van der Waals surface area contributed by atoms with Gasteiger partial charge in [-0.05, 0) is 44.9 Å². The molecule has 1 aliphatic heterocycles. The van der Waals surface area contributed by atoms with E-state index >= 15 is 0 Å². The van der Waals surface area contributed by atoms with Crippen LogP contribution in [0.15, 0.2) is 18.2 Å². The summed E-state index contributed by atoms with van der Waals surface area (Å²) in [4.78, 5) is 39.1. The van der Waals surface area contributed by atoms with Crippen molar-refractivity contribution in [2.75, 3.05) is 18.1 Å². The van der Waals surface area contributed by atoms with E-state index in [9.17, 15) is 14.4 Å². The number of anilines is 1. The van der Waals surface area contributed by atoms with Crippen LogP contribution in [0.3, 0.4) is 0 Å². The second-order valence-corrected chi connectivity index (χ2v) is 6.39. The average Bonchev–Trinajstić information content (AvgIpc) is 3.19. The summed E-state index contributed by atoms with van der Waals surface area (Å²) in [6.07, 6.45) is 4.04. The third-order valence-electron chi connectivity index (χ3n) is 4.99. The number of ketones is 1. The number of hydrogen-bond acceptors (Lipinski definition) is 4. The molecule has 0 radical (unpaired) electrons. The predicted octanol–water partition coefficient (Wildman–Crippen LogP) is 3.07. The van der Waals surface area contributed by atoms with Crippen LogP contribution in [-0.4, -0.2) is 30.8 Å². The Morgan fingerprint density at radius 1 is 1.21 bits per heavy atom. The molecule has 0 saturated heterocycles. The summed E-state index contributed by atoms with van der Waals surface area (Å²) in [6.45, 7) is 4.30. The molecule has 1 aliphatic carbocycles. The number of ether oxygens (including phenoxy) is 1. The highest BCUT2D eigenvalue weighted by Crippen LogP contribution is 2.39. The van der Waals surface area contributed by atoms with Crippen LogP contribution < -0.4 is 4.90 Å². The summed E-state index contributed by atoms with van der Waals surface area (Å²) in [5, 5.41) is 0. The van der Waals surface area contributed by atoms with E-state index in [2.05, 4.69) is 0 Å². The van der Waals surface area contributed by atoms with Crippen molar-refractivity contribution < 1.29 is 19.1 Å². The molecule has 0 bridgehead atoms. The lowest BCUT2D eigenvalue weighted by Crippen LogP contribution is -2.32. The first kappa shape index (κ1) is 16.7. The van der Waals surface area contributed by atoms with E-state index in [1.165, 1.54) is 0 Å². The molecule has 5 nitrogen and oxygen atoms in total. The minimum atomic E-state index is -0.948. The molecule has 1 amide bonds. The fraction of sp³-hybridized carbons (Fsp3) is 0.526. The molecule has 1 saturated carbocycles. The Hall–Kier alpha value is -2.17. The highest BCUT2D eigenvalue weighted by atomic mass is 16.5. The number of esters is 1. The molecule has 0 spiro atoms. The van der Waals surface area contributed by atoms with Crippen molar-refractivity contribution in [1.29, 1.82) is 0 Å². The van der Waals surface area contributed by atoms with E-state index in [4.69, 9.17) is 4.74 Å². The van der Waals surface area contributed by atoms with E-state index in [-0.39, 0.29) is 24.2 Å². The van der Waals surface area contributed by atoms with Crippen molar-refractivity contribution in [3.63, 3.8) is 0 Å². The van der Waals surface area contributed by atoms with Crippen LogP contribution in [0.4, 0.5) is 5.69 Å². The highest BCUT2D eigenvalue weighted by Gasteiger charge is 2.42. The Bertz CT molecular complexity index is 676. The van der Waals surface area contributed by atoms with Gasteiger partial charge in [0.25, 0.3) is 0 Å². The molecule has 128 valence electrons. The molecular weight excluding hydrogens is 306 g/mol. The van der Waals surface area contributed by atoms with Crippen LogP contribution >= 0.6 is 0 Å². The average molecular weight is 329 g/mol. The van der Waals surface area contributed by atoms with Crippen molar-refractivity contribution in [2.24, 2.45) is 5.92 Å². The maximum atomic E-state index is 12.7. The number of rotatable bonds is 5. The Balaban J connectivity index is 1.98. The van der Waals surface area contributed by atoms with Crippen molar-refractivity contribution in [3.8, 4) is 0 Å². The van der Waals surface area contributed by atoms with E-state index in [1.807, 2.05) is 6.92 Å². The largest absolute Gasteiger partial charge is 0.465 e. The van der Waals surface area contributed by atoms with Crippen LogP contribution in [0.5, 0.6) is 0 Å². The summed E-state index contributed by atoms with van der Waals surface area (Å²) in [5.74, 6) is -1.55. The smallest absolute Gasteiger partial charge is 0.323 e. The van der Waals surface area contributed by atoms with Crippen molar-refractivity contribution >= 4 is 23.3 Å². The summed E-state index contributed by atoms with van der Waals surface area (Å²) in [5.41, 5.74) is 1.91. The number of amides is 1. The Labute approximate surface area is 142 Å². The zero-order valence-corrected chi connectivity index (χ0v) is 14.2. The first-order chi connectivity index (χ1) is 11.6. The van der Waals surface area contributed by atoms with Gasteiger partial charge >= 0.3 is 5.97 Å². The molecule has 1 aromatic carbocycles. The van der Waals surface area contributed by atoms with E-state index in [1.54, 1.807) is 30.0 Å². The fourth-order valence-corrected chi connectivity index (χ4v) is 3.80. The van der Waals surface area contributed by atoms with Crippen LogP contribution in [0.25, 0.3) is 0 Å². The van der Waals surface area contributed by atoms with Crippen LogP contribution in [-0.2, 0) is 14.3 Å². The minimum Gasteiger partial charge on any atom is -0.465 e. The minimum absolute atomic E-state index is 0.0727. The molecule has 1 fully saturated rings. The lowest BCUT2D eigenvalue weighted by molar-refractivity contribution is -0.147. The first-order valence-electron chi connectivity index (χ1n) is 8.74. The molecule has 0 N–H and O–H groups in total. The van der Waals surface area contributed by atoms with Gasteiger partial charge in [0.15, 0.2) is 11.7 Å². The number of benzene rings is 1. The lowest BCUT2D eigenvalue weighted by Gasteiger charge is -2.15. The molecular formula is C19H23NO4. The molecule has 24 heavy (non-hydrogen) atoms. The molecule has 2 aliphatic rings. The summed E-state index contributed by atoms with van der Waals surface area (Å²) >= 11 is 0. The van der Waals surface area contributed by atoms with Gasteiger partial charge < -0.3 is 9.64 Å². The van der Waals surface area contributed by atoms with E-state index in [0.717, 1.165) is 25.7 Å². The monoisotopic (exact) mass is 329 g/mol. The summed E-state index contributed by atoms with van der Waals surface area (Å²) in [7, 11) is 0. The van der Waals surface area contributed by atoms with Gasteiger partial charge in [-0.25, -0.2) is 0 Å². The normalized spacial score (nSPS) is 20.3.